The minimum Gasteiger partial charge on any atom is -0.479 e. The number of piperidine rings is 3. The molecule has 3 saturated heterocycles. The minimum absolute atomic E-state index is 0.00533. The van der Waals surface area contributed by atoms with Crippen LogP contribution < -0.4 is 25.2 Å². The van der Waals surface area contributed by atoms with Gasteiger partial charge in [-0.3, -0.25) is 24.6 Å². The molecule has 4 N–H and O–H groups in total. The zero-order valence-corrected chi connectivity index (χ0v) is 39.9. The van der Waals surface area contributed by atoms with E-state index in [0.29, 0.717) is 58.8 Å². The number of benzene rings is 3. The van der Waals surface area contributed by atoms with Crippen LogP contribution in [-0.2, 0) is 30.2 Å². The quantitative estimate of drug-likeness (QED) is 0.0876. The Labute approximate surface area is 404 Å². The van der Waals surface area contributed by atoms with E-state index >= 15 is 0 Å². The molecular weight excluding hydrogens is 948 g/mol. The summed E-state index contributed by atoms with van der Waals surface area (Å²) in [4.78, 5) is 70.0. The molecule has 2 atom stereocenters. The van der Waals surface area contributed by atoms with Crippen LogP contribution in [0.25, 0.3) is 26.9 Å². The van der Waals surface area contributed by atoms with Crippen molar-refractivity contribution in [1.82, 2.24) is 24.2 Å². The Bertz CT molecular complexity index is 3240. The number of sulfonamides is 1. The van der Waals surface area contributed by atoms with Gasteiger partial charge in [0.1, 0.15) is 11.1 Å². The van der Waals surface area contributed by atoms with Gasteiger partial charge in [-0.25, -0.2) is 27.5 Å². The van der Waals surface area contributed by atoms with Crippen molar-refractivity contribution in [2.75, 3.05) is 41.4 Å². The zero-order valence-electron chi connectivity index (χ0n) is 37.5. The first-order valence-electron chi connectivity index (χ1n) is 22.6. The van der Waals surface area contributed by atoms with Gasteiger partial charge in [-0.05, 0) is 92.6 Å². The highest BCUT2D eigenvalue weighted by Crippen LogP contribution is 2.47. The van der Waals surface area contributed by atoms with Gasteiger partial charge in [0.25, 0.3) is 5.91 Å². The van der Waals surface area contributed by atoms with E-state index in [1.54, 1.807) is 44.3 Å². The highest BCUT2D eigenvalue weighted by molar-refractivity contribution is 7.88. The van der Waals surface area contributed by atoms with Crippen molar-refractivity contribution in [2.45, 2.75) is 81.7 Å². The van der Waals surface area contributed by atoms with E-state index in [1.165, 1.54) is 0 Å². The number of carboxylic acids is 2. The van der Waals surface area contributed by atoms with Crippen LogP contribution in [0, 0.1) is 0 Å². The minimum atomic E-state index is -3.80. The van der Waals surface area contributed by atoms with Crippen molar-refractivity contribution in [1.29, 1.82) is 0 Å². The largest absolute Gasteiger partial charge is 0.479 e. The Morgan fingerprint density at radius 1 is 1.00 bits per heavy atom. The summed E-state index contributed by atoms with van der Waals surface area (Å²) in [6, 6.07) is 18.0. The molecule has 18 nitrogen and oxygen atoms in total. The van der Waals surface area contributed by atoms with Crippen LogP contribution >= 0.6 is 22.9 Å². The Morgan fingerprint density at radius 2 is 1.78 bits per heavy atom. The molecule has 21 heteroatoms. The Morgan fingerprint density at radius 3 is 2.52 bits per heavy atom. The number of ether oxygens (including phenoxy) is 1. The maximum Gasteiger partial charge on any atom is 0.349 e. The van der Waals surface area contributed by atoms with Crippen LogP contribution in [0.15, 0.2) is 73.1 Å². The lowest BCUT2D eigenvalue weighted by Crippen LogP contribution is -2.55. The zero-order chi connectivity index (χ0) is 48.5. The molecule has 69 heavy (non-hydrogen) atoms. The number of aliphatic carboxylic acids is 1. The number of nitrogens with zero attached hydrogens (tertiary/aromatic N) is 6. The van der Waals surface area contributed by atoms with E-state index in [9.17, 15) is 37.5 Å². The summed E-state index contributed by atoms with van der Waals surface area (Å²) in [5.41, 5.74) is 4.07. The highest BCUT2D eigenvalue weighted by atomic mass is 35.5. The third-order valence-corrected chi connectivity index (χ3v) is 17.2. The van der Waals surface area contributed by atoms with Crippen LogP contribution in [0.1, 0.15) is 89.4 Å². The van der Waals surface area contributed by atoms with Gasteiger partial charge in [0.2, 0.25) is 21.8 Å². The van der Waals surface area contributed by atoms with Crippen molar-refractivity contribution in [2.24, 2.45) is 0 Å². The van der Waals surface area contributed by atoms with Crippen LogP contribution in [-0.4, -0.2) is 111 Å². The first-order chi connectivity index (χ1) is 33.0. The fourth-order valence-corrected chi connectivity index (χ4v) is 13.8. The molecule has 7 heterocycles. The summed E-state index contributed by atoms with van der Waals surface area (Å²) in [6.07, 6.45) is 6.43. The molecule has 10 rings (SSSR count). The predicted octanol–water partition coefficient (Wildman–Crippen LogP) is 6.76. The van der Waals surface area contributed by atoms with E-state index in [-0.39, 0.29) is 64.6 Å². The molecule has 3 amide bonds. The van der Waals surface area contributed by atoms with Crippen LogP contribution in [0.4, 0.5) is 17.2 Å². The first-order valence-corrected chi connectivity index (χ1v) is 25.4. The average Bonchev–Trinajstić information content (AvgIpc) is 3.97. The van der Waals surface area contributed by atoms with Gasteiger partial charge in [0, 0.05) is 78.3 Å². The third kappa shape index (κ3) is 8.63. The number of rotatable bonds is 13. The molecule has 3 aromatic carbocycles. The number of carbonyl (C=O) groups is 5. The number of hydrogen-bond donors (Lipinski definition) is 4. The van der Waals surface area contributed by atoms with Crippen molar-refractivity contribution in [3.05, 3.63) is 99.6 Å². The molecule has 0 bridgehead atoms. The first kappa shape index (κ1) is 46.1. The monoisotopic (exact) mass is 994 g/mol. The van der Waals surface area contributed by atoms with Gasteiger partial charge < -0.3 is 25.2 Å². The Kier molecular flexibility index (Phi) is 11.9. The van der Waals surface area contributed by atoms with Crippen molar-refractivity contribution >= 4 is 96.2 Å². The number of aromatic nitrogens is 3. The lowest BCUT2D eigenvalue weighted by molar-refractivity contribution is -0.139. The number of anilines is 3. The maximum absolute atomic E-state index is 14.1. The van der Waals surface area contributed by atoms with E-state index < -0.39 is 46.1 Å². The summed E-state index contributed by atoms with van der Waals surface area (Å²) < 4.78 is 36.7. The van der Waals surface area contributed by atoms with Gasteiger partial charge in [-0.15, -0.1) is 16.4 Å². The number of halogens is 1. The number of imide groups is 1. The third-order valence-electron chi connectivity index (χ3n) is 13.5. The second kappa shape index (κ2) is 17.7. The molecule has 0 radical (unpaired) electrons. The van der Waals surface area contributed by atoms with E-state index in [1.807, 2.05) is 50.2 Å². The SMILES string of the molecule is CC1(C)CC(Nc2cccc(-c3sc(C(=O)O)c(OCC(=O)O)c3Cl)c2)CCN1S(=O)(=O)Cc1cnc2cc(N3CCC(c4ccc5c6c(cccc46)C(=O)N5C4CCC(=O)NC4=O)CC3)nn2c1. The van der Waals surface area contributed by atoms with Gasteiger partial charge in [0.15, 0.2) is 28.7 Å². The highest BCUT2D eigenvalue weighted by Gasteiger charge is 2.43. The number of fused-ring (bicyclic) bond motifs is 1. The second-order valence-electron chi connectivity index (χ2n) is 18.5. The predicted molar refractivity (Wildman–Crippen MR) is 259 cm³/mol. The summed E-state index contributed by atoms with van der Waals surface area (Å²) in [5.74, 6) is -3.08. The van der Waals surface area contributed by atoms with Gasteiger partial charge >= 0.3 is 11.9 Å². The standard InChI is InChI=1S/C48H47ClN8O10S2/c1-48(2)21-30(51-29-6-3-5-28(19-29)43-41(49)42(67-24-39(59)60)44(68-43)47(63)64)15-18-56(48)69(65,66)25-26-22-50-36-20-37(53-55(36)23-26)54-16-13-27(14-17-54)31-9-10-34-40-32(31)7-4-8-33(40)46(62)57(34)35-11-12-38(58)52-45(35)61/h3-10,19-20,22-23,27,30,35,51H,11-18,21,24-25H2,1-2H3,(H,59,60)(H,63,64)(H,52,58,61). The molecule has 358 valence electrons. The molecule has 4 aliphatic rings. The van der Waals surface area contributed by atoms with Crippen molar-refractivity contribution < 1.29 is 47.3 Å². The summed E-state index contributed by atoms with van der Waals surface area (Å²) in [6.45, 7) is 4.76. The number of carbonyl (C=O) groups excluding carboxylic acids is 3. The van der Waals surface area contributed by atoms with Crippen LogP contribution in [0.2, 0.25) is 5.02 Å². The molecule has 0 aliphatic carbocycles. The fraction of sp³-hybridized carbons (Fsp3) is 0.354. The molecule has 0 spiro atoms. The smallest absolute Gasteiger partial charge is 0.349 e. The van der Waals surface area contributed by atoms with E-state index in [0.717, 1.165) is 52.0 Å². The van der Waals surface area contributed by atoms with Gasteiger partial charge in [-0.2, -0.15) is 4.31 Å². The summed E-state index contributed by atoms with van der Waals surface area (Å²) in [5, 5.41) is 31.4. The van der Waals surface area contributed by atoms with Gasteiger partial charge in [0.05, 0.1) is 16.3 Å². The number of thiophene rings is 1. The topological polar surface area (TPSA) is 233 Å². The summed E-state index contributed by atoms with van der Waals surface area (Å²) >= 11 is 7.42. The number of nitrogens with one attached hydrogen (secondary N) is 2. The maximum atomic E-state index is 14.1. The molecule has 0 saturated carbocycles. The van der Waals surface area contributed by atoms with E-state index in [2.05, 4.69) is 26.6 Å². The lowest BCUT2D eigenvalue weighted by atomic mass is 9.85. The Hall–Kier alpha value is -6.61. The molecular formula is C48H47ClN8O10S2. The van der Waals surface area contributed by atoms with Crippen LogP contribution in [0.5, 0.6) is 5.75 Å². The number of aromatic carboxylic acids is 1. The second-order valence-corrected chi connectivity index (χ2v) is 21.8. The normalized spacial score (nSPS) is 19.9. The molecule has 2 unspecified atom stereocenters. The molecule has 3 aromatic heterocycles. The lowest BCUT2D eigenvalue weighted by Gasteiger charge is -2.44. The average molecular weight is 996 g/mol. The van der Waals surface area contributed by atoms with Crippen molar-refractivity contribution in [3.63, 3.8) is 0 Å². The summed E-state index contributed by atoms with van der Waals surface area (Å²) in [7, 11) is -3.80. The number of carboxylic acid groups (broad SMARTS) is 2. The van der Waals surface area contributed by atoms with Gasteiger partial charge in [-0.1, -0.05) is 41.9 Å². The van der Waals surface area contributed by atoms with Crippen LogP contribution in [0.3, 0.4) is 0 Å². The van der Waals surface area contributed by atoms with Crippen molar-refractivity contribution in [3.8, 4) is 16.2 Å². The number of amides is 3. The number of hydrogen-bond acceptors (Lipinski definition) is 13. The fourth-order valence-electron chi connectivity index (χ4n) is 10.5. The molecule has 3 fully saturated rings. The van der Waals surface area contributed by atoms with E-state index in [4.69, 9.17) is 26.5 Å². The molecule has 4 aliphatic heterocycles. The Balaban J connectivity index is 0.778. The molecule has 6 aromatic rings.